The van der Waals surface area contributed by atoms with Crippen LogP contribution in [0.2, 0.25) is 26.2 Å². The minimum absolute atomic E-state index is 0. The Morgan fingerprint density at radius 3 is 1.23 bits per heavy atom. The molecule has 11 rings (SSSR count). The molecule has 507 valence electrons. The predicted molar refractivity (Wildman–Crippen MR) is 364 cm³/mol. The number of sulfonamides is 2. The van der Waals surface area contributed by atoms with Crippen LogP contribution in [-0.4, -0.2) is 179 Å². The molecule has 3 saturated carbocycles. The molecule has 16 N–H and O–H groups in total. The number of rotatable bonds is 16. The number of amides is 3. The molecule has 0 spiro atoms. The second-order valence-corrected chi connectivity index (χ2v) is 26.5. The molecule has 6 heterocycles. The van der Waals surface area contributed by atoms with Gasteiger partial charge in [0.15, 0.2) is 0 Å². The van der Waals surface area contributed by atoms with Crippen LogP contribution in [0.1, 0.15) is 93.8 Å². The monoisotopic (exact) mass is 1450 g/mol. The van der Waals surface area contributed by atoms with Gasteiger partial charge in [0.05, 0.1) is 33.8 Å². The van der Waals surface area contributed by atoms with Crippen LogP contribution in [0.25, 0.3) is 0 Å². The van der Waals surface area contributed by atoms with Crippen molar-refractivity contribution in [1.82, 2.24) is 54.6 Å². The van der Waals surface area contributed by atoms with E-state index in [-0.39, 0.29) is 86.6 Å². The molecule has 3 amide bonds. The summed E-state index contributed by atoms with van der Waals surface area (Å²) in [6.45, 7) is 8.21. The molecule has 6 aromatic rings. The van der Waals surface area contributed by atoms with E-state index in [4.69, 9.17) is 98.3 Å². The Bertz CT molecular complexity index is 3600. The number of hydrogen-bond acceptors (Lipinski definition) is 24. The van der Waals surface area contributed by atoms with Gasteiger partial charge in [0.2, 0.25) is 41.8 Å². The van der Waals surface area contributed by atoms with Gasteiger partial charge in [-0.05, 0) is 147 Å². The Morgan fingerprint density at radius 1 is 0.538 bits per heavy atom. The summed E-state index contributed by atoms with van der Waals surface area (Å²) in [5, 5.41) is 8.74. The second kappa shape index (κ2) is 38.5. The zero-order valence-electron chi connectivity index (χ0n) is 50.7. The summed E-state index contributed by atoms with van der Waals surface area (Å²) in [7, 11) is -6.18. The number of carbonyl (C=O) groups excluding carboxylic acids is 4. The number of primary amides is 3. The number of benzene rings is 2. The molecular formula is C54H72BCl6FN21O8S2-2. The van der Waals surface area contributed by atoms with Crippen molar-refractivity contribution in [2.75, 3.05) is 95.3 Å². The first-order valence-corrected chi connectivity index (χ1v) is 33.0. The smallest absolute Gasteiger partial charge is 0.257 e. The number of piperazine rings is 2. The van der Waals surface area contributed by atoms with Gasteiger partial charge < -0.3 is 72.7 Å². The van der Waals surface area contributed by atoms with E-state index in [1.165, 1.54) is 37.6 Å². The highest BCUT2D eigenvalue weighted by Crippen LogP contribution is 2.29. The summed E-state index contributed by atoms with van der Waals surface area (Å²) < 4.78 is 50.6. The molecule has 93 heavy (non-hydrogen) atoms. The largest absolute Gasteiger partial charge is 1.00 e. The van der Waals surface area contributed by atoms with Crippen molar-refractivity contribution >= 4 is 161 Å². The second-order valence-electron chi connectivity index (χ2n) is 19.9. The third kappa shape index (κ3) is 26.8. The van der Waals surface area contributed by atoms with E-state index in [0.717, 1.165) is 61.5 Å². The van der Waals surface area contributed by atoms with Gasteiger partial charge in [-0.25, -0.2) is 46.7 Å². The van der Waals surface area contributed by atoms with Crippen molar-refractivity contribution in [1.29, 1.82) is 0 Å². The lowest BCUT2D eigenvalue weighted by atomic mass is 10.2. The fourth-order valence-corrected chi connectivity index (χ4v) is 11.0. The third-order valence-electron chi connectivity index (χ3n) is 13.2. The zero-order chi connectivity index (χ0) is 65.2. The molecule has 0 unspecified atom stereocenters. The Kier molecular flexibility index (Phi) is 34.0. The maximum absolute atomic E-state index is 12.0. The summed E-state index contributed by atoms with van der Waals surface area (Å²) in [4.78, 5) is 78.4. The van der Waals surface area contributed by atoms with Gasteiger partial charge >= 0.3 is 0 Å². The van der Waals surface area contributed by atoms with Crippen LogP contribution in [0.5, 0.6) is 0 Å². The van der Waals surface area contributed by atoms with E-state index in [1.54, 1.807) is 22.5 Å². The number of nitrogens with zero attached hydrogens (tertiary/aromatic N) is 12. The highest BCUT2D eigenvalue weighted by Gasteiger charge is 2.28. The summed E-state index contributed by atoms with van der Waals surface area (Å²) in [6.07, 6.45) is 11.9. The zero-order valence-corrected chi connectivity index (χ0v) is 56.9. The Morgan fingerprint density at radius 2 is 0.882 bits per heavy atom. The fourth-order valence-electron chi connectivity index (χ4n) is 7.68. The van der Waals surface area contributed by atoms with E-state index in [1.807, 2.05) is 48.5 Å². The fraction of sp³-hybridized carbons (Fsp3) is 0.389. The number of hydrogen-bond donors (Lipinski definition) is 9. The molecule has 2 aromatic carbocycles. The molecule has 0 atom stereocenters. The first kappa shape index (κ1) is 82.2. The van der Waals surface area contributed by atoms with Gasteiger partial charge in [0, 0.05) is 126 Å². The highest BCUT2D eigenvalue weighted by molar-refractivity contribution is 7.89. The normalized spacial score (nSPS) is 15.0. The molecule has 29 nitrogen and oxygen atoms in total. The minimum atomic E-state index is -3.14. The average Bonchev–Trinajstić information content (AvgIpc) is 1.80. The standard InChI is InChI=1S/C20H27N7O3S.C12H19N3O2S.C8H9ClN4O.C5HCl3N2O.C5H3Cl2N3O.C3H7N.CH3.B.FH.H3N/c1-2-31(29,30)27-11-9-26(10-12-27)16-7-5-15(6-8-16)24-20-22-13-17(18(21)28)19(25-20)23-14-3-4-14;1-2-18(16,17)15-9-7-14(8-10-15)12-5-3-11(13)4-6-12;9-8-11-3-5(6(10)14)7(13-8)12-4-1-2-4;6-3-2(4(7)11)1-9-5(8)10-3;6-3-2(4(8)11)1-9-5(7)10-3;4-3-1-2-3;;;;/h5-8,13-14H,2-4,9-12H2,1H3,(H2,21,28)(H2,22,23,24,25);3-6H,2,7-10,13H2,1H3;3-4H,1-2H2,(H2,10,14)(H,11,12,13);1H;1H,(H2,8,11);3H,1-2,4H2;1H3;;1H;1H3/q;;;;;;-1;;;/p-1. The molecular weight excluding hydrogens is 1380 g/mol. The minimum Gasteiger partial charge on any atom is -1.00 e. The van der Waals surface area contributed by atoms with Crippen molar-refractivity contribution in [3.8, 4) is 0 Å². The van der Waals surface area contributed by atoms with Crippen LogP contribution in [0.3, 0.4) is 0 Å². The molecule has 5 fully saturated rings. The predicted octanol–water partition coefficient (Wildman–Crippen LogP) is 3.30. The van der Waals surface area contributed by atoms with Crippen molar-refractivity contribution in [3.05, 3.63) is 129 Å². The number of aromatic nitrogens is 8. The molecule has 2 saturated heterocycles. The molecule has 4 aromatic heterocycles. The van der Waals surface area contributed by atoms with Gasteiger partial charge in [-0.1, -0.05) is 23.2 Å². The maximum atomic E-state index is 12.0. The third-order valence-corrected chi connectivity index (χ3v) is 18.3. The summed E-state index contributed by atoms with van der Waals surface area (Å²) in [6, 6.07) is 16.8. The number of nitrogen functional groups attached to an aromatic ring is 1. The van der Waals surface area contributed by atoms with Crippen LogP contribution in [-0.2, 0) is 20.0 Å². The van der Waals surface area contributed by atoms with E-state index in [9.17, 15) is 36.0 Å². The van der Waals surface area contributed by atoms with Gasteiger partial charge in [-0.15, -0.1) is 0 Å². The Balaban J connectivity index is 0.000000409. The van der Waals surface area contributed by atoms with Gasteiger partial charge in [0.25, 0.3) is 23.0 Å². The van der Waals surface area contributed by atoms with Crippen molar-refractivity contribution < 1.29 is 40.7 Å². The number of nitrogens with one attached hydrogen (secondary N) is 3. The van der Waals surface area contributed by atoms with Gasteiger partial charge in [-0.3, -0.25) is 19.2 Å². The first-order chi connectivity index (χ1) is 42.2. The summed E-state index contributed by atoms with van der Waals surface area (Å²) >= 11 is 32.4. The molecule has 0 bridgehead atoms. The van der Waals surface area contributed by atoms with Crippen LogP contribution < -0.4 is 65.3 Å². The van der Waals surface area contributed by atoms with Gasteiger partial charge in [0.1, 0.15) is 21.9 Å². The molecule has 39 heteroatoms. The van der Waals surface area contributed by atoms with Crippen LogP contribution in [0.15, 0.2) is 73.3 Å². The van der Waals surface area contributed by atoms with Crippen LogP contribution in [0, 0.1) is 7.43 Å². The molecule has 3 radical (unpaired) electrons. The Labute approximate surface area is 571 Å². The van der Waals surface area contributed by atoms with Crippen molar-refractivity contribution in [3.63, 3.8) is 0 Å². The topological polar surface area (TPSA) is 454 Å². The maximum Gasteiger partial charge on any atom is 0.257 e. The molecule has 2 aliphatic heterocycles. The highest BCUT2D eigenvalue weighted by atomic mass is 35.5. The Hall–Kier alpha value is -6.89. The lowest BCUT2D eigenvalue weighted by Gasteiger charge is -2.35. The van der Waals surface area contributed by atoms with Gasteiger partial charge in [-0.2, -0.15) is 18.6 Å². The van der Waals surface area contributed by atoms with Crippen molar-refractivity contribution in [2.45, 2.75) is 70.5 Å². The lowest BCUT2D eigenvalue weighted by molar-refractivity contribution is -0.0000545. The lowest BCUT2D eigenvalue weighted by Crippen LogP contribution is -3.00. The number of halogens is 7. The average molecular weight is 1450 g/mol. The number of carbonyl (C=O) groups is 4. The van der Waals surface area contributed by atoms with E-state index < -0.39 is 43.0 Å². The van der Waals surface area contributed by atoms with Crippen molar-refractivity contribution in [2.24, 2.45) is 22.9 Å². The van der Waals surface area contributed by atoms with E-state index >= 15 is 0 Å². The van der Waals surface area contributed by atoms with E-state index in [0.29, 0.717) is 75.0 Å². The number of anilines is 7. The summed E-state index contributed by atoms with van der Waals surface area (Å²) in [5.41, 5.74) is 30.7. The first-order valence-electron chi connectivity index (χ1n) is 27.5. The van der Waals surface area contributed by atoms with E-state index in [2.05, 4.69) is 65.6 Å². The molecule has 3 aliphatic carbocycles. The molecule has 5 aliphatic rings. The summed E-state index contributed by atoms with van der Waals surface area (Å²) in [5.74, 6) is -0.228. The van der Waals surface area contributed by atoms with Crippen LogP contribution in [0.4, 0.5) is 40.3 Å². The number of nitrogens with two attached hydrogens (primary N) is 5. The SMILES string of the molecule is CCS(=O)(=O)N1CCN(c2ccc(N)cc2)CC1.CCS(=O)(=O)N1CCN(c2ccc(Nc3ncc(C(N)=O)c(NC4CC4)n3)cc2)CC1.N.NC(=O)c1cnc(Cl)nc1Cl.NC(=O)c1cnc(Cl)nc1NC1CC1.NC1CC1.O=C(Cl)c1cnc(Cl)nc1Cl.[B].[CH3-].[F-]. The quantitative estimate of drug-likeness (QED) is 0.0168. The van der Waals surface area contributed by atoms with Crippen LogP contribution >= 0.6 is 69.6 Å².